The van der Waals surface area contributed by atoms with Gasteiger partial charge in [0.2, 0.25) is 0 Å². The summed E-state index contributed by atoms with van der Waals surface area (Å²) < 4.78 is 1.00. The first kappa shape index (κ1) is 14.0. The van der Waals surface area contributed by atoms with Crippen LogP contribution >= 0.6 is 38.9 Å². The van der Waals surface area contributed by atoms with Crippen molar-refractivity contribution in [1.82, 2.24) is 10.3 Å². The molecule has 0 radical (unpaired) electrons. The summed E-state index contributed by atoms with van der Waals surface area (Å²) in [5, 5.41) is 7.44. The van der Waals surface area contributed by atoms with E-state index in [4.69, 9.17) is 11.6 Å². The highest BCUT2D eigenvalue weighted by Crippen LogP contribution is 2.21. The molecule has 0 saturated heterocycles. The Balaban J connectivity index is 1.88. The van der Waals surface area contributed by atoms with Gasteiger partial charge in [0, 0.05) is 28.0 Å². The fraction of sp³-hybridized carbons (Fsp3) is 0.308. The van der Waals surface area contributed by atoms with E-state index in [-0.39, 0.29) is 0 Å². The molecule has 1 aromatic heterocycles. The molecule has 0 fully saturated rings. The Morgan fingerprint density at radius 3 is 2.89 bits per heavy atom. The van der Waals surface area contributed by atoms with Gasteiger partial charge in [-0.2, -0.15) is 0 Å². The van der Waals surface area contributed by atoms with Gasteiger partial charge in [0.05, 0.1) is 10.7 Å². The first-order valence-corrected chi connectivity index (χ1v) is 7.82. The van der Waals surface area contributed by atoms with E-state index in [0.29, 0.717) is 0 Å². The topological polar surface area (TPSA) is 24.9 Å². The van der Waals surface area contributed by atoms with Crippen LogP contribution in [-0.2, 0) is 19.5 Å². The molecule has 0 atom stereocenters. The van der Waals surface area contributed by atoms with E-state index in [2.05, 4.69) is 38.5 Å². The number of nitrogens with zero attached hydrogens (tertiary/aromatic N) is 1. The average Bonchev–Trinajstić information content (AvgIpc) is 2.80. The Morgan fingerprint density at radius 2 is 2.22 bits per heavy atom. The molecule has 0 amide bonds. The van der Waals surface area contributed by atoms with Crippen LogP contribution in [0.2, 0.25) is 5.02 Å². The summed E-state index contributed by atoms with van der Waals surface area (Å²) in [5.41, 5.74) is 2.20. The van der Waals surface area contributed by atoms with Crippen LogP contribution in [0.3, 0.4) is 0 Å². The van der Waals surface area contributed by atoms with Crippen molar-refractivity contribution in [3.63, 3.8) is 0 Å². The number of halogens is 2. The molecule has 0 aliphatic rings. The zero-order valence-electron chi connectivity index (χ0n) is 10.0. The predicted molar refractivity (Wildman–Crippen MR) is 81.2 cm³/mol. The zero-order valence-corrected chi connectivity index (χ0v) is 13.2. The molecule has 1 N–H and O–H groups in total. The van der Waals surface area contributed by atoms with Crippen LogP contribution in [-0.4, -0.2) is 4.98 Å². The van der Waals surface area contributed by atoms with Crippen LogP contribution in [0.5, 0.6) is 0 Å². The molecule has 0 bridgehead atoms. The third kappa shape index (κ3) is 3.79. The van der Waals surface area contributed by atoms with Crippen molar-refractivity contribution in [3.05, 3.63) is 49.3 Å². The zero-order chi connectivity index (χ0) is 13.0. The lowest BCUT2D eigenvalue weighted by Gasteiger charge is -2.05. The van der Waals surface area contributed by atoms with Crippen molar-refractivity contribution in [3.8, 4) is 0 Å². The minimum atomic E-state index is 0.755. The van der Waals surface area contributed by atoms with Gasteiger partial charge in [0.25, 0.3) is 0 Å². The number of nitrogens with one attached hydrogen (secondary N) is 1. The molecule has 0 unspecified atom stereocenters. The van der Waals surface area contributed by atoms with Gasteiger partial charge in [-0.05, 0) is 24.1 Å². The van der Waals surface area contributed by atoms with Crippen molar-refractivity contribution in [2.75, 3.05) is 0 Å². The van der Waals surface area contributed by atoms with Crippen molar-refractivity contribution in [2.24, 2.45) is 0 Å². The van der Waals surface area contributed by atoms with Crippen LogP contribution < -0.4 is 5.32 Å². The van der Waals surface area contributed by atoms with Crippen LogP contribution in [0.4, 0.5) is 0 Å². The van der Waals surface area contributed by atoms with Crippen molar-refractivity contribution in [1.29, 1.82) is 0 Å². The van der Waals surface area contributed by atoms with E-state index in [0.717, 1.165) is 40.3 Å². The van der Waals surface area contributed by atoms with Gasteiger partial charge < -0.3 is 5.32 Å². The molecular weight excluding hydrogens is 332 g/mol. The minimum absolute atomic E-state index is 0.755. The molecule has 2 aromatic rings. The monoisotopic (exact) mass is 344 g/mol. The summed E-state index contributed by atoms with van der Waals surface area (Å²) in [4.78, 5) is 4.51. The summed E-state index contributed by atoms with van der Waals surface area (Å²) in [7, 11) is 0. The van der Waals surface area contributed by atoms with E-state index >= 15 is 0 Å². The van der Waals surface area contributed by atoms with E-state index in [9.17, 15) is 0 Å². The number of rotatable bonds is 5. The predicted octanol–water partition coefficient (Wildman–Crippen LogP) is 4.41. The van der Waals surface area contributed by atoms with Crippen molar-refractivity contribution < 1.29 is 0 Å². The standard InChI is InChI=1S/C13H14BrClN2S/c1-2-13-17-11(8-18-13)7-16-6-9-3-4-10(14)5-12(9)15/h3-5,8,16H,2,6-7H2,1H3. The van der Waals surface area contributed by atoms with Crippen LogP contribution in [0, 0.1) is 0 Å². The second-order valence-electron chi connectivity index (χ2n) is 3.93. The molecule has 5 heteroatoms. The van der Waals surface area contributed by atoms with Gasteiger partial charge in [-0.25, -0.2) is 4.98 Å². The molecule has 96 valence electrons. The Bertz CT molecular complexity index is 527. The lowest BCUT2D eigenvalue weighted by molar-refractivity contribution is 0.681. The molecule has 0 aliphatic heterocycles. The maximum absolute atomic E-state index is 6.15. The van der Waals surface area contributed by atoms with Gasteiger partial charge in [-0.1, -0.05) is 40.5 Å². The van der Waals surface area contributed by atoms with Gasteiger partial charge in [0.15, 0.2) is 0 Å². The fourth-order valence-electron chi connectivity index (χ4n) is 1.58. The Labute approximate surface area is 125 Å². The van der Waals surface area contributed by atoms with Crippen molar-refractivity contribution in [2.45, 2.75) is 26.4 Å². The number of aryl methyl sites for hydroxylation is 1. The Morgan fingerprint density at radius 1 is 1.39 bits per heavy atom. The van der Waals surface area contributed by atoms with Gasteiger partial charge in [-0.15, -0.1) is 11.3 Å². The third-order valence-corrected chi connectivity index (χ3v) is 4.43. The largest absolute Gasteiger partial charge is 0.307 e. The number of hydrogen-bond donors (Lipinski definition) is 1. The molecule has 2 rings (SSSR count). The first-order valence-electron chi connectivity index (χ1n) is 5.77. The summed E-state index contributed by atoms with van der Waals surface area (Å²) in [6.45, 7) is 3.66. The SMILES string of the molecule is CCc1nc(CNCc2ccc(Br)cc2Cl)cs1. The highest BCUT2D eigenvalue weighted by molar-refractivity contribution is 9.10. The third-order valence-electron chi connectivity index (χ3n) is 2.54. The maximum Gasteiger partial charge on any atom is 0.0926 e. The van der Waals surface area contributed by atoms with Crippen LogP contribution in [0.25, 0.3) is 0 Å². The van der Waals surface area contributed by atoms with E-state index < -0.39 is 0 Å². The number of benzene rings is 1. The second-order valence-corrected chi connectivity index (χ2v) is 6.19. The normalized spacial score (nSPS) is 10.8. The van der Waals surface area contributed by atoms with E-state index in [1.165, 1.54) is 5.01 Å². The van der Waals surface area contributed by atoms with Crippen LogP contribution in [0.15, 0.2) is 28.1 Å². The average molecular weight is 346 g/mol. The molecule has 0 spiro atoms. The lowest BCUT2D eigenvalue weighted by Crippen LogP contribution is -2.13. The first-order chi connectivity index (χ1) is 8.69. The van der Waals surface area contributed by atoms with Gasteiger partial charge in [0.1, 0.15) is 0 Å². The molecule has 2 nitrogen and oxygen atoms in total. The molecule has 1 aromatic carbocycles. The molecular formula is C13H14BrClN2S. The Kier molecular flexibility index (Phi) is 5.18. The number of aromatic nitrogens is 1. The summed E-state index contributed by atoms with van der Waals surface area (Å²) in [6, 6.07) is 5.94. The second kappa shape index (κ2) is 6.66. The highest BCUT2D eigenvalue weighted by Gasteiger charge is 2.02. The quantitative estimate of drug-likeness (QED) is 0.868. The number of hydrogen-bond acceptors (Lipinski definition) is 3. The smallest absolute Gasteiger partial charge is 0.0926 e. The summed E-state index contributed by atoms with van der Waals surface area (Å²) >= 11 is 11.3. The van der Waals surface area contributed by atoms with Crippen molar-refractivity contribution >= 4 is 38.9 Å². The lowest BCUT2D eigenvalue weighted by atomic mass is 10.2. The van der Waals surface area contributed by atoms with Gasteiger partial charge >= 0.3 is 0 Å². The minimum Gasteiger partial charge on any atom is -0.307 e. The molecule has 1 heterocycles. The van der Waals surface area contributed by atoms with Crippen LogP contribution in [0.1, 0.15) is 23.2 Å². The fourth-order valence-corrected chi connectivity index (χ4v) is 3.07. The summed E-state index contributed by atoms with van der Waals surface area (Å²) in [6.07, 6.45) is 1.00. The molecule has 0 saturated carbocycles. The Hall–Kier alpha value is -0.420. The highest BCUT2D eigenvalue weighted by atomic mass is 79.9. The number of thiazole rings is 1. The summed E-state index contributed by atoms with van der Waals surface area (Å²) in [5.74, 6) is 0. The molecule has 18 heavy (non-hydrogen) atoms. The maximum atomic E-state index is 6.15. The molecule has 0 aliphatic carbocycles. The van der Waals surface area contributed by atoms with Gasteiger partial charge in [-0.3, -0.25) is 0 Å². The van der Waals surface area contributed by atoms with E-state index in [1.807, 2.05) is 18.2 Å². The van der Waals surface area contributed by atoms with E-state index in [1.54, 1.807) is 11.3 Å².